The second-order valence-corrected chi connectivity index (χ2v) is 5.92. The SMILES string of the molecule is CCOC(=O)C(C(=O)Nc1ccc([N+](=O)[O-])cc1)C1CCCCC1. The lowest BCUT2D eigenvalue weighted by Gasteiger charge is -2.27. The van der Waals surface area contributed by atoms with Gasteiger partial charge in [-0.3, -0.25) is 19.7 Å². The van der Waals surface area contributed by atoms with Gasteiger partial charge in [0, 0.05) is 17.8 Å². The monoisotopic (exact) mass is 334 g/mol. The largest absolute Gasteiger partial charge is 0.465 e. The highest BCUT2D eigenvalue weighted by Crippen LogP contribution is 2.31. The average molecular weight is 334 g/mol. The summed E-state index contributed by atoms with van der Waals surface area (Å²) in [6, 6.07) is 5.55. The second kappa shape index (κ2) is 8.42. The summed E-state index contributed by atoms with van der Waals surface area (Å²) in [5.41, 5.74) is 0.373. The lowest BCUT2D eigenvalue weighted by molar-refractivity contribution is -0.384. The van der Waals surface area contributed by atoms with Crippen molar-refractivity contribution in [1.29, 1.82) is 0 Å². The van der Waals surface area contributed by atoms with Gasteiger partial charge in [0.05, 0.1) is 11.5 Å². The number of carbonyl (C=O) groups is 2. The predicted molar refractivity (Wildman–Crippen MR) is 88.4 cm³/mol. The topological polar surface area (TPSA) is 98.5 Å². The van der Waals surface area contributed by atoms with Gasteiger partial charge in [0.15, 0.2) is 0 Å². The number of nitrogens with one attached hydrogen (secondary N) is 1. The van der Waals surface area contributed by atoms with Gasteiger partial charge in [0.1, 0.15) is 5.92 Å². The minimum atomic E-state index is -0.833. The van der Waals surface area contributed by atoms with E-state index in [0.29, 0.717) is 5.69 Å². The first-order valence-corrected chi connectivity index (χ1v) is 8.25. The third-order valence-electron chi connectivity index (χ3n) is 4.29. The standard InChI is InChI=1S/C17H22N2O5/c1-2-24-17(21)15(12-6-4-3-5-7-12)16(20)18-13-8-10-14(11-9-13)19(22)23/h8-12,15H,2-7H2,1H3,(H,18,20). The Morgan fingerprint density at radius 3 is 2.42 bits per heavy atom. The van der Waals surface area contributed by atoms with E-state index in [1.54, 1.807) is 6.92 Å². The summed E-state index contributed by atoms with van der Waals surface area (Å²) in [6.45, 7) is 1.94. The lowest BCUT2D eigenvalue weighted by Crippen LogP contribution is -2.37. The van der Waals surface area contributed by atoms with Crippen molar-refractivity contribution >= 4 is 23.3 Å². The van der Waals surface area contributed by atoms with E-state index < -0.39 is 22.7 Å². The van der Waals surface area contributed by atoms with E-state index in [0.717, 1.165) is 32.1 Å². The molecule has 0 heterocycles. The number of nitro benzene ring substituents is 1. The van der Waals surface area contributed by atoms with Crippen molar-refractivity contribution in [1.82, 2.24) is 0 Å². The maximum atomic E-state index is 12.6. The van der Waals surface area contributed by atoms with Crippen LogP contribution in [0.3, 0.4) is 0 Å². The molecule has 1 aromatic carbocycles. The van der Waals surface area contributed by atoms with Crippen LogP contribution in [-0.2, 0) is 14.3 Å². The zero-order chi connectivity index (χ0) is 17.5. The first kappa shape index (κ1) is 17.9. The van der Waals surface area contributed by atoms with E-state index >= 15 is 0 Å². The fourth-order valence-corrected chi connectivity index (χ4v) is 3.10. The lowest BCUT2D eigenvalue weighted by atomic mass is 9.79. The zero-order valence-corrected chi connectivity index (χ0v) is 13.7. The van der Waals surface area contributed by atoms with Crippen LogP contribution in [-0.4, -0.2) is 23.4 Å². The van der Waals surface area contributed by atoms with Crippen LogP contribution in [0.5, 0.6) is 0 Å². The Bertz CT molecular complexity index is 594. The maximum absolute atomic E-state index is 12.6. The molecule has 0 bridgehead atoms. The van der Waals surface area contributed by atoms with E-state index in [-0.39, 0.29) is 18.2 Å². The number of amides is 1. The normalized spacial score (nSPS) is 16.2. The fraction of sp³-hybridized carbons (Fsp3) is 0.529. The molecule has 7 nitrogen and oxygen atoms in total. The summed E-state index contributed by atoms with van der Waals surface area (Å²) in [5.74, 6) is -1.76. The molecule has 0 aromatic heterocycles. The number of anilines is 1. The van der Waals surface area contributed by atoms with Gasteiger partial charge in [0.25, 0.3) is 5.69 Å². The number of carbonyl (C=O) groups excluding carboxylic acids is 2. The van der Waals surface area contributed by atoms with Crippen molar-refractivity contribution in [2.45, 2.75) is 39.0 Å². The van der Waals surface area contributed by atoms with Gasteiger partial charge in [0.2, 0.25) is 5.91 Å². The highest BCUT2D eigenvalue weighted by atomic mass is 16.6. The van der Waals surface area contributed by atoms with Crippen LogP contribution in [0.2, 0.25) is 0 Å². The molecule has 0 aliphatic heterocycles. The highest BCUT2D eigenvalue weighted by Gasteiger charge is 2.36. The van der Waals surface area contributed by atoms with Gasteiger partial charge < -0.3 is 10.1 Å². The van der Waals surface area contributed by atoms with Crippen LogP contribution in [0, 0.1) is 22.0 Å². The Hall–Kier alpha value is -2.44. The fourth-order valence-electron chi connectivity index (χ4n) is 3.10. The number of hydrogen-bond acceptors (Lipinski definition) is 5. The van der Waals surface area contributed by atoms with Gasteiger partial charge in [-0.15, -0.1) is 0 Å². The Morgan fingerprint density at radius 1 is 1.25 bits per heavy atom. The van der Waals surface area contributed by atoms with E-state index in [4.69, 9.17) is 4.74 Å². The minimum Gasteiger partial charge on any atom is -0.465 e. The Balaban J connectivity index is 2.11. The predicted octanol–water partition coefficient (Wildman–Crippen LogP) is 3.29. The van der Waals surface area contributed by atoms with Crippen molar-refractivity contribution in [2.75, 3.05) is 11.9 Å². The molecule has 1 saturated carbocycles. The number of rotatable bonds is 6. The van der Waals surface area contributed by atoms with Crippen LogP contribution < -0.4 is 5.32 Å². The van der Waals surface area contributed by atoms with Gasteiger partial charge in [-0.2, -0.15) is 0 Å². The summed E-state index contributed by atoms with van der Waals surface area (Å²) in [6.07, 6.45) is 4.79. The number of esters is 1. The molecule has 0 spiro atoms. The zero-order valence-electron chi connectivity index (χ0n) is 13.7. The number of non-ortho nitro benzene ring substituents is 1. The van der Waals surface area contributed by atoms with Crippen molar-refractivity contribution in [3.8, 4) is 0 Å². The van der Waals surface area contributed by atoms with Crippen LogP contribution in [0.1, 0.15) is 39.0 Å². The molecular weight excluding hydrogens is 312 g/mol. The van der Waals surface area contributed by atoms with E-state index in [1.165, 1.54) is 24.3 Å². The number of ether oxygens (including phenoxy) is 1. The first-order chi connectivity index (χ1) is 11.5. The summed E-state index contributed by atoms with van der Waals surface area (Å²) < 4.78 is 5.08. The molecule has 24 heavy (non-hydrogen) atoms. The van der Waals surface area contributed by atoms with Crippen LogP contribution in [0.4, 0.5) is 11.4 Å². The Morgan fingerprint density at radius 2 is 1.88 bits per heavy atom. The van der Waals surface area contributed by atoms with Crippen molar-refractivity contribution in [2.24, 2.45) is 11.8 Å². The summed E-state index contributed by atoms with van der Waals surface area (Å²) in [5, 5.41) is 13.3. The number of benzene rings is 1. The van der Waals surface area contributed by atoms with E-state index in [9.17, 15) is 19.7 Å². The second-order valence-electron chi connectivity index (χ2n) is 5.92. The van der Waals surface area contributed by atoms with Gasteiger partial charge in [-0.1, -0.05) is 19.3 Å². The number of hydrogen-bond donors (Lipinski definition) is 1. The quantitative estimate of drug-likeness (QED) is 0.372. The third-order valence-corrected chi connectivity index (χ3v) is 4.29. The van der Waals surface area contributed by atoms with Crippen molar-refractivity contribution in [3.63, 3.8) is 0 Å². The summed E-state index contributed by atoms with van der Waals surface area (Å²) in [4.78, 5) is 35.0. The van der Waals surface area contributed by atoms with Gasteiger partial charge >= 0.3 is 5.97 Å². The highest BCUT2D eigenvalue weighted by molar-refractivity contribution is 6.05. The van der Waals surface area contributed by atoms with Crippen LogP contribution in [0.15, 0.2) is 24.3 Å². The smallest absolute Gasteiger partial charge is 0.318 e. The molecule has 1 aromatic rings. The molecule has 1 aliphatic rings. The van der Waals surface area contributed by atoms with E-state index in [1.807, 2.05) is 0 Å². The molecule has 1 unspecified atom stereocenters. The van der Waals surface area contributed by atoms with Crippen LogP contribution >= 0.6 is 0 Å². The molecule has 2 rings (SSSR count). The minimum absolute atomic E-state index is 0.0177. The molecule has 130 valence electrons. The average Bonchev–Trinajstić information content (AvgIpc) is 2.56. The Kier molecular flexibility index (Phi) is 6.28. The third kappa shape index (κ3) is 4.53. The maximum Gasteiger partial charge on any atom is 0.318 e. The molecular formula is C17H22N2O5. The number of nitro groups is 1. The summed E-state index contributed by atoms with van der Waals surface area (Å²) >= 11 is 0. The molecule has 1 N–H and O–H groups in total. The Labute approximate surface area is 140 Å². The molecule has 1 atom stereocenters. The molecule has 0 radical (unpaired) electrons. The molecule has 1 amide bonds. The summed E-state index contributed by atoms with van der Waals surface area (Å²) in [7, 11) is 0. The first-order valence-electron chi connectivity index (χ1n) is 8.25. The molecule has 1 fully saturated rings. The van der Waals surface area contributed by atoms with Crippen molar-refractivity contribution in [3.05, 3.63) is 34.4 Å². The van der Waals surface area contributed by atoms with Crippen molar-refractivity contribution < 1.29 is 19.2 Å². The van der Waals surface area contributed by atoms with E-state index in [2.05, 4.69) is 5.32 Å². The van der Waals surface area contributed by atoms with Crippen LogP contribution in [0.25, 0.3) is 0 Å². The molecule has 0 saturated heterocycles. The molecule has 1 aliphatic carbocycles. The number of nitrogens with zero attached hydrogens (tertiary/aromatic N) is 1. The molecule has 7 heteroatoms. The van der Waals surface area contributed by atoms with Gasteiger partial charge in [-0.25, -0.2) is 0 Å². The van der Waals surface area contributed by atoms with Gasteiger partial charge in [-0.05, 0) is 37.8 Å².